The second kappa shape index (κ2) is 3.88. The quantitative estimate of drug-likeness (QED) is 0.800. The maximum absolute atomic E-state index is 11.7. The number of halogens is 1. The van der Waals surface area contributed by atoms with Gasteiger partial charge in [-0.05, 0) is 43.4 Å². The summed E-state index contributed by atoms with van der Waals surface area (Å²) in [6.45, 7) is 5.84. The Hall–Kier alpha value is -0.590. The summed E-state index contributed by atoms with van der Waals surface area (Å²) >= 11 is 2.10. The normalized spacial score (nSPS) is 11.5. The van der Waals surface area contributed by atoms with Crippen LogP contribution in [-0.2, 0) is 7.05 Å². The van der Waals surface area contributed by atoms with E-state index in [-0.39, 0.29) is 11.4 Å². The largest absolute Gasteiger partial charge is 0.346 e. The molecule has 0 spiro atoms. The molecule has 0 unspecified atom stereocenters. The van der Waals surface area contributed by atoms with Crippen LogP contribution in [0.5, 0.6) is 0 Å². The highest BCUT2D eigenvalue weighted by Crippen LogP contribution is 2.10. The Bertz CT molecular complexity index is 351. The molecule has 1 heterocycles. The highest BCUT2D eigenvalue weighted by molar-refractivity contribution is 14.1. The molecule has 0 saturated carbocycles. The Balaban J connectivity index is 2.85. The number of carbonyl (C=O) groups excluding carboxylic acids is 1. The monoisotopic (exact) mass is 307 g/mol. The molecule has 0 atom stereocenters. The number of rotatable bonds is 1. The van der Waals surface area contributed by atoms with Crippen molar-refractivity contribution in [2.45, 2.75) is 26.3 Å². The Morgan fingerprint density at radius 3 is 2.50 bits per heavy atom. The fourth-order valence-corrected chi connectivity index (χ4v) is 1.77. The molecule has 0 fully saturated rings. The van der Waals surface area contributed by atoms with Crippen LogP contribution in [0.3, 0.4) is 0 Å². The van der Waals surface area contributed by atoms with E-state index >= 15 is 0 Å². The van der Waals surface area contributed by atoms with E-state index in [2.05, 4.69) is 33.0 Å². The van der Waals surface area contributed by atoms with Crippen molar-refractivity contribution in [1.29, 1.82) is 0 Å². The number of hydrogen-bond donors (Lipinski definition) is 1. The Morgan fingerprint density at radius 2 is 2.14 bits per heavy atom. The Morgan fingerprint density at radius 1 is 1.57 bits per heavy atom. The molecule has 4 nitrogen and oxygen atoms in total. The van der Waals surface area contributed by atoms with E-state index in [1.807, 2.05) is 27.0 Å². The van der Waals surface area contributed by atoms with Crippen LogP contribution >= 0.6 is 22.6 Å². The lowest BCUT2D eigenvalue weighted by molar-refractivity contribution is 0.0913. The standard InChI is InChI=1S/C9H14IN3O/c1-9(2,3)11-8(14)7-6(10)5-13(4)12-7/h5H,1-4H3,(H,11,14). The van der Waals surface area contributed by atoms with Crippen molar-refractivity contribution in [2.75, 3.05) is 0 Å². The predicted octanol–water partition coefficient (Wildman–Crippen LogP) is 1.55. The number of nitrogens with one attached hydrogen (secondary N) is 1. The molecule has 0 aliphatic carbocycles. The van der Waals surface area contributed by atoms with Gasteiger partial charge in [-0.2, -0.15) is 5.10 Å². The molecular formula is C9H14IN3O. The van der Waals surface area contributed by atoms with E-state index in [1.165, 1.54) is 0 Å². The molecular weight excluding hydrogens is 293 g/mol. The van der Waals surface area contributed by atoms with Gasteiger partial charge in [0.2, 0.25) is 0 Å². The van der Waals surface area contributed by atoms with E-state index in [4.69, 9.17) is 0 Å². The summed E-state index contributed by atoms with van der Waals surface area (Å²) in [6.07, 6.45) is 1.82. The van der Waals surface area contributed by atoms with Crippen molar-refractivity contribution in [3.05, 3.63) is 15.5 Å². The van der Waals surface area contributed by atoms with Gasteiger partial charge in [0.05, 0.1) is 3.57 Å². The highest BCUT2D eigenvalue weighted by atomic mass is 127. The average Bonchev–Trinajstić information content (AvgIpc) is 2.26. The molecule has 1 aromatic rings. The third-order valence-electron chi connectivity index (χ3n) is 1.49. The summed E-state index contributed by atoms with van der Waals surface area (Å²) < 4.78 is 2.51. The maximum Gasteiger partial charge on any atom is 0.273 e. The summed E-state index contributed by atoms with van der Waals surface area (Å²) in [6, 6.07) is 0. The molecule has 1 aromatic heterocycles. The van der Waals surface area contributed by atoms with Gasteiger partial charge in [0.1, 0.15) is 0 Å². The smallest absolute Gasteiger partial charge is 0.273 e. The number of amides is 1. The molecule has 14 heavy (non-hydrogen) atoms. The second-order valence-electron chi connectivity index (χ2n) is 4.20. The van der Waals surface area contributed by atoms with Gasteiger partial charge in [0, 0.05) is 18.8 Å². The zero-order valence-corrected chi connectivity index (χ0v) is 10.9. The van der Waals surface area contributed by atoms with E-state index in [1.54, 1.807) is 11.7 Å². The average molecular weight is 307 g/mol. The SMILES string of the molecule is Cn1cc(I)c(C(=O)NC(C)(C)C)n1. The van der Waals surface area contributed by atoms with E-state index in [9.17, 15) is 4.79 Å². The third kappa shape index (κ3) is 2.97. The molecule has 1 N–H and O–H groups in total. The van der Waals surface area contributed by atoms with Gasteiger partial charge in [-0.1, -0.05) is 0 Å². The summed E-state index contributed by atoms with van der Waals surface area (Å²) in [7, 11) is 1.80. The number of nitrogens with zero attached hydrogens (tertiary/aromatic N) is 2. The van der Waals surface area contributed by atoms with Crippen molar-refractivity contribution in [3.8, 4) is 0 Å². The van der Waals surface area contributed by atoms with Gasteiger partial charge in [-0.25, -0.2) is 0 Å². The van der Waals surface area contributed by atoms with Crippen molar-refractivity contribution in [2.24, 2.45) is 7.05 Å². The van der Waals surface area contributed by atoms with Crippen LogP contribution in [0.15, 0.2) is 6.20 Å². The molecule has 0 saturated heterocycles. The molecule has 0 radical (unpaired) electrons. The van der Waals surface area contributed by atoms with Crippen LogP contribution < -0.4 is 5.32 Å². The minimum Gasteiger partial charge on any atom is -0.346 e. The first-order valence-electron chi connectivity index (χ1n) is 4.31. The topological polar surface area (TPSA) is 46.9 Å². The molecule has 5 heteroatoms. The fourth-order valence-electron chi connectivity index (χ4n) is 1.01. The van der Waals surface area contributed by atoms with Crippen LogP contribution in [-0.4, -0.2) is 21.2 Å². The van der Waals surface area contributed by atoms with Crippen molar-refractivity contribution in [1.82, 2.24) is 15.1 Å². The summed E-state index contributed by atoms with van der Waals surface area (Å²) in [5, 5.41) is 6.96. The zero-order valence-electron chi connectivity index (χ0n) is 8.76. The first-order valence-corrected chi connectivity index (χ1v) is 5.39. The van der Waals surface area contributed by atoms with Crippen molar-refractivity contribution >= 4 is 28.5 Å². The summed E-state index contributed by atoms with van der Waals surface area (Å²) in [5.74, 6) is -0.123. The molecule has 0 aliphatic rings. The van der Waals surface area contributed by atoms with Crippen molar-refractivity contribution < 1.29 is 4.79 Å². The summed E-state index contributed by atoms with van der Waals surface area (Å²) in [5.41, 5.74) is 0.264. The minimum atomic E-state index is -0.225. The Labute approximate surface area is 97.2 Å². The van der Waals surface area contributed by atoms with E-state index < -0.39 is 0 Å². The van der Waals surface area contributed by atoms with E-state index in [0.717, 1.165) is 3.57 Å². The summed E-state index contributed by atoms with van der Waals surface area (Å²) in [4.78, 5) is 11.7. The third-order valence-corrected chi connectivity index (χ3v) is 2.28. The first kappa shape index (κ1) is 11.5. The minimum absolute atomic E-state index is 0.123. The van der Waals surface area contributed by atoms with Gasteiger partial charge < -0.3 is 5.32 Å². The van der Waals surface area contributed by atoms with Crippen LogP contribution in [0.2, 0.25) is 0 Å². The molecule has 78 valence electrons. The Kier molecular flexibility index (Phi) is 3.18. The fraction of sp³-hybridized carbons (Fsp3) is 0.556. The van der Waals surface area contributed by atoms with Gasteiger partial charge >= 0.3 is 0 Å². The van der Waals surface area contributed by atoms with Crippen LogP contribution in [0.1, 0.15) is 31.3 Å². The van der Waals surface area contributed by atoms with Gasteiger partial charge in [-0.15, -0.1) is 0 Å². The highest BCUT2D eigenvalue weighted by Gasteiger charge is 2.19. The van der Waals surface area contributed by atoms with E-state index in [0.29, 0.717) is 5.69 Å². The van der Waals surface area contributed by atoms with Gasteiger partial charge in [-0.3, -0.25) is 9.48 Å². The lowest BCUT2D eigenvalue weighted by Crippen LogP contribution is -2.41. The second-order valence-corrected chi connectivity index (χ2v) is 5.37. The van der Waals surface area contributed by atoms with Gasteiger partial charge in [0.25, 0.3) is 5.91 Å². The molecule has 0 aromatic carbocycles. The van der Waals surface area contributed by atoms with Gasteiger partial charge in [0.15, 0.2) is 5.69 Å². The zero-order chi connectivity index (χ0) is 10.9. The maximum atomic E-state index is 11.7. The van der Waals surface area contributed by atoms with Crippen LogP contribution in [0.25, 0.3) is 0 Å². The predicted molar refractivity (Wildman–Crippen MR) is 63.1 cm³/mol. The van der Waals surface area contributed by atoms with Crippen LogP contribution in [0.4, 0.5) is 0 Å². The number of carbonyl (C=O) groups is 1. The molecule has 1 amide bonds. The van der Waals surface area contributed by atoms with Crippen molar-refractivity contribution in [3.63, 3.8) is 0 Å². The lowest BCUT2D eigenvalue weighted by atomic mass is 10.1. The molecule has 1 rings (SSSR count). The van der Waals surface area contributed by atoms with Crippen LogP contribution in [0, 0.1) is 3.57 Å². The lowest BCUT2D eigenvalue weighted by Gasteiger charge is -2.19. The number of aromatic nitrogens is 2. The first-order chi connectivity index (χ1) is 6.29. The molecule has 0 bridgehead atoms. The number of hydrogen-bond acceptors (Lipinski definition) is 2. The number of aryl methyl sites for hydroxylation is 1. The molecule has 0 aliphatic heterocycles.